The third kappa shape index (κ3) is 3.63. The van der Waals surface area contributed by atoms with Crippen LogP contribution in [0.3, 0.4) is 0 Å². The second-order valence-electron chi connectivity index (χ2n) is 7.14. The molecule has 0 spiro atoms. The Morgan fingerprint density at radius 2 is 2.04 bits per heavy atom. The molecule has 140 valence electrons. The predicted molar refractivity (Wildman–Crippen MR) is 104 cm³/mol. The highest BCUT2D eigenvalue weighted by atomic mass is 16.1. The lowest BCUT2D eigenvalue weighted by atomic mass is 9.97. The number of primary amides is 1. The first kappa shape index (κ1) is 17.5. The molecule has 1 aliphatic rings. The van der Waals surface area contributed by atoms with E-state index in [0.29, 0.717) is 6.54 Å². The van der Waals surface area contributed by atoms with E-state index in [1.165, 1.54) is 5.56 Å². The minimum atomic E-state index is -0.236. The maximum absolute atomic E-state index is 11.7. The van der Waals surface area contributed by atoms with Gasteiger partial charge in [0.2, 0.25) is 5.91 Å². The summed E-state index contributed by atoms with van der Waals surface area (Å²) in [6.07, 6.45) is 5.21. The average Bonchev–Trinajstić information content (AvgIpc) is 3.07. The number of aryl methyl sites for hydroxylation is 3. The van der Waals surface area contributed by atoms with Gasteiger partial charge in [-0.1, -0.05) is 30.3 Å². The lowest BCUT2D eigenvalue weighted by Crippen LogP contribution is -2.41. The smallest absolute Gasteiger partial charge is 0.222 e. The maximum Gasteiger partial charge on any atom is 0.222 e. The number of nitrogens with two attached hydrogens (primary N) is 1. The molecule has 1 aliphatic heterocycles. The number of nitrogens with zero attached hydrogens (tertiary/aromatic N) is 5. The quantitative estimate of drug-likeness (QED) is 0.746. The highest BCUT2D eigenvalue weighted by Crippen LogP contribution is 2.28. The van der Waals surface area contributed by atoms with Gasteiger partial charge in [-0.15, -0.1) is 0 Å². The zero-order valence-electron chi connectivity index (χ0n) is 15.5. The van der Waals surface area contributed by atoms with Crippen LogP contribution in [0.4, 0.5) is 5.82 Å². The van der Waals surface area contributed by atoms with Crippen LogP contribution in [0.1, 0.15) is 24.2 Å². The summed E-state index contributed by atoms with van der Waals surface area (Å²) in [5.74, 6) is 1.29. The minimum Gasteiger partial charge on any atom is -0.369 e. The molecule has 0 radical (unpaired) electrons. The molecule has 0 unspecified atom stereocenters. The number of fused-ring (bicyclic) bond motifs is 1. The summed E-state index contributed by atoms with van der Waals surface area (Å²) in [7, 11) is 1.89. The molecule has 7 nitrogen and oxygen atoms in total. The molecule has 1 amide bonds. The van der Waals surface area contributed by atoms with Gasteiger partial charge in [0, 0.05) is 26.6 Å². The topological polar surface area (TPSA) is 89.9 Å². The van der Waals surface area contributed by atoms with Gasteiger partial charge in [-0.05, 0) is 24.8 Å². The highest BCUT2D eigenvalue weighted by molar-refractivity contribution is 5.87. The van der Waals surface area contributed by atoms with Crippen LogP contribution in [0.15, 0.2) is 36.5 Å². The van der Waals surface area contributed by atoms with Gasteiger partial charge in [-0.2, -0.15) is 5.10 Å². The van der Waals surface area contributed by atoms with Crippen molar-refractivity contribution >= 4 is 22.8 Å². The third-order valence-corrected chi connectivity index (χ3v) is 5.22. The molecule has 3 heterocycles. The Kier molecular flexibility index (Phi) is 4.75. The molecule has 1 saturated heterocycles. The van der Waals surface area contributed by atoms with E-state index >= 15 is 0 Å². The number of benzene rings is 1. The molecule has 0 bridgehead atoms. The van der Waals surface area contributed by atoms with Crippen molar-refractivity contribution in [3.05, 3.63) is 47.9 Å². The first-order valence-corrected chi connectivity index (χ1v) is 9.38. The second kappa shape index (κ2) is 7.34. The van der Waals surface area contributed by atoms with Gasteiger partial charge in [0.15, 0.2) is 5.65 Å². The lowest BCUT2D eigenvalue weighted by molar-refractivity contribution is -0.122. The van der Waals surface area contributed by atoms with Crippen LogP contribution in [0.5, 0.6) is 0 Å². The molecule has 0 saturated carbocycles. The van der Waals surface area contributed by atoms with Gasteiger partial charge in [0.1, 0.15) is 11.6 Å². The second-order valence-corrected chi connectivity index (χ2v) is 7.14. The Morgan fingerprint density at radius 3 is 2.81 bits per heavy atom. The van der Waals surface area contributed by atoms with Crippen LogP contribution in [-0.4, -0.2) is 38.7 Å². The number of carbonyl (C=O) groups is 1. The van der Waals surface area contributed by atoms with Crippen molar-refractivity contribution in [2.24, 2.45) is 18.7 Å². The van der Waals surface area contributed by atoms with Gasteiger partial charge in [-0.3, -0.25) is 9.48 Å². The van der Waals surface area contributed by atoms with E-state index in [9.17, 15) is 4.79 Å². The molecular formula is C20H24N6O. The predicted octanol–water partition coefficient (Wildman–Crippen LogP) is 1.85. The summed E-state index contributed by atoms with van der Waals surface area (Å²) in [4.78, 5) is 23.4. The number of carbonyl (C=O) groups excluding carboxylic acids is 1. The van der Waals surface area contributed by atoms with Crippen LogP contribution in [0, 0.1) is 5.92 Å². The molecule has 0 aliphatic carbocycles. The van der Waals surface area contributed by atoms with E-state index in [4.69, 9.17) is 15.7 Å². The van der Waals surface area contributed by atoms with Crippen molar-refractivity contribution in [1.82, 2.24) is 19.7 Å². The summed E-state index contributed by atoms with van der Waals surface area (Å²) in [6.45, 7) is 1.47. The maximum atomic E-state index is 11.7. The van der Waals surface area contributed by atoms with Crippen molar-refractivity contribution in [2.45, 2.75) is 25.7 Å². The molecule has 3 aromatic rings. The molecule has 2 aromatic heterocycles. The fourth-order valence-corrected chi connectivity index (χ4v) is 3.71. The zero-order chi connectivity index (χ0) is 18.8. The molecule has 1 fully saturated rings. The monoisotopic (exact) mass is 364 g/mol. The fourth-order valence-electron chi connectivity index (χ4n) is 3.71. The molecular weight excluding hydrogens is 340 g/mol. The molecule has 7 heteroatoms. The van der Waals surface area contributed by atoms with E-state index in [1.54, 1.807) is 10.9 Å². The SMILES string of the molecule is Cn1ncc2c(N3CCC[C@@H](C(N)=O)C3)nc(CCc3ccccc3)nc21. The molecule has 1 aromatic carbocycles. The van der Waals surface area contributed by atoms with Crippen molar-refractivity contribution in [3.63, 3.8) is 0 Å². The zero-order valence-corrected chi connectivity index (χ0v) is 15.5. The Balaban J connectivity index is 1.65. The van der Waals surface area contributed by atoms with Gasteiger partial charge >= 0.3 is 0 Å². The van der Waals surface area contributed by atoms with Crippen LogP contribution in [0.2, 0.25) is 0 Å². The Bertz CT molecular complexity index is 952. The van der Waals surface area contributed by atoms with Crippen LogP contribution in [0.25, 0.3) is 11.0 Å². The number of piperidine rings is 1. The first-order valence-electron chi connectivity index (χ1n) is 9.38. The molecule has 4 rings (SSSR count). The van der Waals surface area contributed by atoms with Crippen LogP contribution in [-0.2, 0) is 24.7 Å². The van der Waals surface area contributed by atoms with E-state index in [1.807, 2.05) is 25.2 Å². The lowest BCUT2D eigenvalue weighted by Gasteiger charge is -2.32. The summed E-state index contributed by atoms with van der Waals surface area (Å²) < 4.78 is 1.78. The van der Waals surface area contributed by atoms with Gasteiger partial charge in [0.25, 0.3) is 0 Å². The van der Waals surface area contributed by atoms with E-state index in [0.717, 1.165) is 54.9 Å². The standard InChI is InChI=1S/C20H24N6O/c1-25-19-16(12-22-25)20(26-11-5-8-15(13-26)18(21)27)24-17(23-19)10-9-14-6-3-2-4-7-14/h2-4,6-7,12,15H,5,8-11,13H2,1H3,(H2,21,27)/t15-/m1/s1. The van der Waals surface area contributed by atoms with Gasteiger partial charge in [-0.25, -0.2) is 9.97 Å². The van der Waals surface area contributed by atoms with Crippen molar-refractivity contribution in [1.29, 1.82) is 0 Å². The number of rotatable bonds is 5. The summed E-state index contributed by atoms with van der Waals surface area (Å²) in [5, 5.41) is 5.28. The number of hydrogen-bond donors (Lipinski definition) is 1. The van der Waals surface area contributed by atoms with Crippen LogP contribution >= 0.6 is 0 Å². The number of hydrogen-bond acceptors (Lipinski definition) is 5. The van der Waals surface area contributed by atoms with Crippen molar-refractivity contribution < 1.29 is 4.79 Å². The fraction of sp³-hybridized carbons (Fsp3) is 0.400. The Morgan fingerprint density at radius 1 is 1.22 bits per heavy atom. The first-order chi connectivity index (χ1) is 13.1. The summed E-state index contributed by atoms with van der Waals surface area (Å²) in [6, 6.07) is 10.3. The normalized spacial score (nSPS) is 17.4. The van der Waals surface area contributed by atoms with E-state index in [-0.39, 0.29) is 11.8 Å². The summed E-state index contributed by atoms with van der Waals surface area (Å²) in [5.41, 5.74) is 7.64. The van der Waals surface area contributed by atoms with Crippen molar-refractivity contribution in [3.8, 4) is 0 Å². The third-order valence-electron chi connectivity index (χ3n) is 5.22. The summed E-state index contributed by atoms with van der Waals surface area (Å²) >= 11 is 0. The van der Waals surface area contributed by atoms with Gasteiger partial charge < -0.3 is 10.6 Å². The van der Waals surface area contributed by atoms with E-state index < -0.39 is 0 Å². The highest BCUT2D eigenvalue weighted by Gasteiger charge is 2.27. The number of aromatic nitrogens is 4. The number of amides is 1. The molecule has 2 N–H and O–H groups in total. The largest absolute Gasteiger partial charge is 0.369 e. The number of anilines is 1. The molecule has 1 atom stereocenters. The Hall–Kier alpha value is -2.96. The van der Waals surface area contributed by atoms with Crippen molar-refractivity contribution in [2.75, 3.05) is 18.0 Å². The van der Waals surface area contributed by atoms with Crippen LogP contribution < -0.4 is 10.6 Å². The Labute approximate surface area is 158 Å². The molecule has 27 heavy (non-hydrogen) atoms. The minimum absolute atomic E-state index is 0.131. The van der Waals surface area contributed by atoms with E-state index in [2.05, 4.69) is 22.1 Å². The average molecular weight is 364 g/mol. The van der Waals surface area contributed by atoms with Gasteiger partial charge in [0.05, 0.1) is 17.5 Å².